The Hall–Kier alpha value is -3.08. The van der Waals surface area contributed by atoms with E-state index in [4.69, 9.17) is 0 Å². The molecule has 0 radical (unpaired) electrons. The summed E-state index contributed by atoms with van der Waals surface area (Å²) in [7, 11) is 0. The molecule has 0 aliphatic heterocycles. The number of carbonyl (C=O) groups is 2. The van der Waals surface area contributed by atoms with E-state index in [-0.39, 0.29) is 11.7 Å². The van der Waals surface area contributed by atoms with E-state index in [0.29, 0.717) is 25.1 Å². The van der Waals surface area contributed by atoms with Gasteiger partial charge in [-0.3, -0.25) is 9.59 Å². The second-order valence-corrected chi connectivity index (χ2v) is 6.27. The molecule has 0 aliphatic carbocycles. The van der Waals surface area contributed by atoms with E-state index in [1.807, 2.05) is 36.5 Å². The molecule has 0 fully saturated rings. The molecule has 1 aromatic heterocycles. The molecular formula is C21H23N3O2. The number of amides is 1. The largest absolute Gasteiger partial charge is 0.385 e. The first-order chi connectivity index (χ1) is 12.6. The first kappa shape index (κ1) is 17.7. The molecule has 0 saturated heterocycles. The van der Waals surface area contributed by atoms with Crippen molar-refractivity contribution in [1.82, 2.24) is 10.3 Å². The average Bonchev–Trinajstić information content (AvgIpc) is 3.05. The predicted octanol–water partition coefficient (Wildman–Crippen LogP) is 3.53. The number of aromatic nitrogens is 1. The number of para-hydroxylation sites is 1. The average molecular weight is 349 g/mol. The minimum absolute atomic E-state index is 0.0256. The monoisotopic (exact) mass is 349 g/mol. The smallest absolute Gasteiger partial charge is 0.221 e. The van der Waals surface area contributed by atoms with E-state index in [2.05, 4.69) is 21.7 Å². The maximum Gasteiger partial charge on any atom is 0.221 e. The Morgan fingerprint density at radius 2 is 1.77 bits per heavy atom. The third-order valence-electron chi connectivity index (χ3n) is 4.36. The van der Waals surface area contributed by atoms with Crippen LogP contribution < -0.4 is 10.6 Å². The lowest BCUT2D eigenvalue weighted by Crippen LogP contribution is -2.27. The summed E-state index contributed by atoms with van der Waals surface area (Å²) in [5, 5.41) is 7.36. The van der Waals surface area contributed by atoms with Crippen molar-refractivity contribution in [3.05, 3.63) is 65.9 Å². The lowest BCUT2D eigenvalue weighted by molar-refractivity contribution is -0.120. The molecule has 0 atom stereocenters. The normalized spacial score (nSPS) is 10.7. The summed E-state index contributed by atoms with van der Waals surface area (Å²) in [5.41, 5.74) is 3.92. The Kier molecular flexibility index (Phi) is 5.69. The number of nitrogens with one attached hydrogen (secondary N) is 3. The van der Waals surface area contributed by atoms with Gasteiger partial charge in [-0.15, -0.1) is 0 Å². The van der Waals surface area contributed by atoms with Gasteiger partial charge in [0.25, 0.3) is 0 Å². The van der Waals surface area contributed by atoms with Gasteiger partial charge in [-0.1, -0.05) is 18.2 Å². The van der Waals surface area contributed by atoms with E-state index in [1.54, 1.807) is 19.1 Å². The van der Waals surface area contributed by atoms with Gasteiger partial charge in [0.2, 0.25) is 5.91 Å². The van der Waals surface area contributed by atoms with Crippen molar-refractivity contribution in [3.63, 3.8) is 0 Å². The van der Waals surface area contributed by atoms with Crippen molar-refractivity contribution >= 4 is 28.3 Å². The van der Waals surface area contributed by atoms with Gasteiger partial charge in [0.1, 0.15) is 0 Å². The van der Waals surface area contributed by atoms with Gasteiger partial charge in [0.15, 0.2) is 5.78 Å². The number of anilines is 1. The lowest BCUT2D eigenvalue weighted by atomic mass is 10.1. The Morgan fingerprint density at radius 1 is 1.00 bits per heavy atom. The zero-order valence-corrected chi connectivity index (χ0v) is 14.8. The van der Waals surface area contributed by atoms with Crippen LogP contribution >= 0.6 is 0 Å². The second-order valence-electron chi connectivity index (χ2n) is 6.27. The van der Waals surface area contributed by atoms with Gasteiger partial charge in [-0.2, -0.15) is 0 Å². The van der Waals surface area contributed by atoms with Crippen LogP contribution in [0.3, 0.4) is 0 Å². The van der Waals surface area contributed by atoms with Gasteiger partial charge >= 0.3 is 0 Å². The van der Waals surface area contributed by atoms with Gasteiger partial charge in [0, 0.05) is 47.9 Å². The first-order valence-corrected chi connectivity index (χ1v) is 8.80. The number of fused-ring (bicyclic) bond motifs is 1. The fourth-order valence-electron chi connectivity index (χ4n) is 2.91. The van der Waals surface area contributed by atoms with E-state index < -0.39 is 0 Å². The van der Waals surface area contributed by atoms with Crippen LogP contribution in [0.15, 0.2) is 54.7 Å². The van der Waals surface area contributed by atoms with Gasteiger partial charge in [0.05, 0.1) is 0 Å². The molecule has 0 bridgehead atoms. The number of benzene rings is 2. The highest BCUT2D eigenvalue weighted by Gasteiger charge is 2.05. The van der Waals surface area contributed by atoms with Crippen molar-refractivity contribution in [3.8, 4) is 0 Å². The van der Waals surface area contributed by atoms with Crippen molar-refractivity contribution < 1.29 is 9.59 Å². The van der Waals surface area contributed by atoms with Crippen molar-refractivity contribution in [2.45, 2.75) is 19.8 Å². The van der Waals surface area contributed by atoms with Crippen molar-refractivity contribution in [1.29, 1.82) is 0 Å². The van der Waals surface area contributed by atoms with Gasteiger partial charge in [-0.25, -0.2) is 0 Å². The highest BCUT2D eigenvalue weighted by Crippen LogP contribution is 2.17. The highest BCUT2D eigenvalue weighted by molar-refractivity contribution is 5.94. The number of Topliss-reactive ketones (excluding diaryl/α,β-unsaturated/α-hetero) is 1. The van der Waals surface area contributed by atoms with Crippen LogP contribution in [0.2, 0.25) is 0 Å². The third kappa shape index (κ3) is 4.51. The Balaban J connectivity index is 1.38. The molecule has 134 valence electrons. The highest BCUT2D eigenvalue weighted by atomic mass is 16.1. The molecule has 0 aliphatic rings. The maximum absolute atomic E-state index is 12.0. The van der Waals surface area contributed by atoms with Crippen LogP contribution in [0.25, 0.3) is 10.9 Å². The van der Waals surface area contributed by atoms with Crippen LogP contribution in [0.1, 0.15) is 29.3 Å². The van der Waals surface area contributed by atoms with E-state index in [0.717, 1.165) is 17.6 Å². The van der Waals surface area contributed by atoms with Crippen LogP contribution in [-0.2, 0) is 11.2 Å². The predicted molar refractivity (Wildman–Crippen MR) is 105 cm³/mol. The molecule has 0 unspecified atom stereocenters. The Morgan fingerprint density at radius 3 is 2.54 bits per heavy atom. The molecule has 0 spiro atoms. The van der Waals surface area contributed by atoms with E-state index in [9.17, 15) is 9.59 Å². The fraction of sp³-hybridized carbons (Fsp3) is 0.238. The summed E-state index contributed by atoms with van der Waals surface area (Å²) in [6.45, 7) is 2.72. The van der Waals surface area contributed by atoms with Crippen molar-refractivity contribution in [2.75, 3.05) is 18.4 Å². The molecule has 3 N–H and O–H groups in total. The molecule has 3 aromatic rings. The zero-order valence-electron chi connectivity index (χ0n) is 14.8. The lowest BCUT2D eigenvalue weighted by Gasteiger charge is -2.08. The molecular weight excluding hydrogens is 326 g/mol. The summed E-state index contributed by atoms with van der Waals surface area (Å²) >= 11 is 0. The first-order valence-electron chi connectivity index (χ1n) is 8.80. The summed E-state index contributed by atoms with van der Waals surface area (Å²) in [6.07, 6.45) is 3.21. The number of rotatable bonds is 8. The number of H-pyrrole nitrogens is 1. The number of carbonyl (C=O) groups excluding carboxylic acids is 2. The Labute approximate surface area is 152 Å². The number of aromatic amines is 1. The van der Waals surface area contributed by atoms with Crippen LogP contribution in [-0.4, -0.2) is 29.8 Å². The quantitative estimate of drug-likeness (QED) is 0.545. The molecule has 5 heteroatoms. The summed E-state index contributed by atoms with van der Waals surface area (Å²) in [4.78, 5) is 26.5. The van der Waals surface area contributed by atoms with Crippen LogP contribution in [0.5, 0.6) is 0 Å². The van der Waals surface area contributed by atoms with Gasteiger partial charge < -0.3 is 15.6 Å². The van der Waals surface area contributed by atoms with Crippen LogP contribution in [0, 0.1) is 0 Å². The minimum Gasteiger partial charge on any atom is -0.385 e. The maximum atomic E-state index is 12.0. The van der Waals surface area contributed by atoms with Crippen molar-refractivity contribution in [2.24, 2.45) is 0 Å². The number of ketones is 1. The third-order valence-corrected chi connectivity index (χ3v) is 4.36. The van der Waals surface area contributed by atoms with Crippen LogP contribution in [0.4, 0.5) is 5.69 Å². The molecule has 5 nitrogen and oxygen atoms in total. The standard InChI is InChI=1S/C21H23N3O2/c1-15(25)16-6-8-18(9-7-16)22-13-11-21(26)23-12-10-17-14-24-20-5-3-2-4-19(17)20/h2-9,14,22,24H,10-13H2,1H3,(H,23,26). The number of hydrogen-bond donors (Lipinski definition) is 3. The molecule has 26 heavy (non-hydrogen) atoms. The topological polar surface area (TPSA) is 74.0 Å². The summed E-state index contributed by atoms with van der Waals surface area (Å²) in [5.74, 6) is 0.0730. The SMILES string of the molecule is CC(=O)c1ccc(NCCC(=O)NCCc2c[nH]c3ccccc23)cc1. The zero-order chi connectivity index (χ0) is 18.4. The molecule has 2 aromatic carbocycles. The molecule has 0 saturated carbocycles. The molecule has 1 heterocycles. The second kappa shape index (κ2) is 8.34. The summed E-state index contributed by atoms with van der Waals surface area (Å²) < 4.78 is 0. The number of hydrogen-bond acceptors (Lipinski definition) is 3. The fourth-order valence-corrected chi connectivity index (χ4v) is 2.91. The van der Waals surface area contributed by atoms with E-state index >= 15 is 0 Å². The summed E-state index contributed by atoms with van der Waals surface area (Å²) in [6, 6.07) is 15.4. The molecule has 3 rings (SSSR count). The van der Waals surface area contributed by atoms with Gasteiger partial charge in [-0.05, 0) is 49.2 Å². The minimum atomic E-state index is 0.0256. The Bertz CT molecular complexity index is 897. The molecule has 1 amide bonds. The van der Waals surface area contributed by atoms with E-state index in [1.165, 1.54) is 10.9 Å².